The third kappa shape index (κ3) is 4.46. The van der Waals surface area contributed by atoms with Crippen molar-refractivity contribution < 1.29 is 14.1 Å². The fraction of sp³-hybridized carbons (Fsp3) is 0.529. The second kappa shape index (κ2) is 7.08. The number of anilines is 1. The first-order valence-corrected chi connectivity index (χ1v) is 8.45. The molecule has 0 bridgehead atoms. The van der Waals surface area contributed by atoms with Crippen molar-refractivity contribution in [1.29, 1.82) is 0 Å². The van der Waals surface area contributed by atoms with Crippen LogP contribution in [0.1, 0.15) is 51.2 Å². The van der Waals surface area contributed by atoms with Crippen molar-refractivity contribution in [2.75, 3.05) is 5.32 Å². The van der Waals surface area contributed by atoms with Crippen molar-refractivity contribution in [3.05, 3.63) is 30.0 Å². The zero-order chi connectivity index (χ0) is 17.9. The van der Waals surface area contributed by atoms with E-state index >= 15 is 0 Å². The Kier molecular flexibility index (Phi) is 4.87. The lowest BCUT2D eigenvalue weighted by atomic mass is 10.1. The number of amides is 2. The van der Waals surface area contributed by atoms with E-state index in [2.05, 4.69) is 25.8 Å². The molecular weight excluding hydrogens is 322 g/mol. The Morgan fingerprint density at radius 3 is 2.68 bits per heavy atom. The van der Waals surface area contributed by atoms with Gasteiger partial charge in [-0.1, -0.05) is 5.16 Å². The predicted molar refractivity (Wildman–Crippen MR) is 91.3 cm³/mol. The van der Waals surface area contributed by atoms with Crippen LogP contribution in [0.15, 0.2) is 22.9 Å². The quantitative estimate of drug-likeness (QED) is 0.863. The van der Waals surface area contributed by atoms with Crippen LogP contribution in [0.2, 0.25) is 0 Å². The Labute approximate surface area is 146 Å². The van der Waals surface area contributed by atoms with Crippen LogP contribution in [0.5, 0.6) is 5.88 Å². The SMILES string of the molecule is Cc1noc(C(C)(C)NC(=O)Nc2ccc(OC3CCCC3)nc2)n1. The molecule has 0 aromatic carbocycles. The van der Waals surface area contributed by atoms with Crippen LogP contribution >= 0.6 is 0 Å². The van der Waals surface area contributed by atoms with Crippen LogP contribution in [0.25, 0.3) is 0 Å². The van der Waals surface area contributed by atoms with Gasteiger partial charge in [0.05, 0.1) is 11.9 Å². The van der Waals surface area contributed by atoms with Crippen molar-refractivity contribution in [1.82, 2.24) is 20.4 Å². The van der Waals surface area contributed by atoms with Crippen molar-refractivity contribution in [2.24, 2.45) is 0 Å². The van der Waals surface area contributed by atoms with Crippen LogP contribution in [-0.2, 0) is 5.54 Å². The minimum Gasteiger partial charge on any atom is -0.474 e. The number of hydrogen-bond donors (Lipinski definition) is 2. The molecule has 8 nitrogen and oxygen atoms in total. The van der Waals surface area contributed by atoms with Crippen molar-refractivity contribution in [3.8, 4) is 5.88 Å². The Balaban J connectivity index is 1.55. The summed E-state index contributed by atoms with van der Waals surface area (Å²) in [7, 11) is 0. The number of ether oxygens (including phenoxy) is 1. The third-order valence-corrected chi connectivity index (χ3v) is 4.07. The summed E-state index contributed by atoms with van der Waals surface area (Å²) in [5.41, 5.74) is -0.210. The fourth-order valence-corrected chi connectivity index (χ4v) is 2.75. The molecule has 2 N–H and O–H groups in total. The van der Waals surface area contributed by atoms with Crippen LogP contribution in [0.4, 0.5) is 10.5 Å². The van der Waals surface area contributed by atoms with Crippen LogP contribution < -0.4 is 15.4 Å². The average molecular weight is 345 g/mol. The Bertz CT molecular complexity index is 720. The van der Waals surface area contributed by atoms with Gasteiger partial charge in [0.15, 0.2) is 5.82 Å². The molecule has 134 valence electrons. The molecule has 0 saturated heterocycles. The Morgan fingerprint density at radius 2 is 2.08 bits per heavy atom. The number of carbonyl (C=O) groups is 1. The van der Waals surface area contributed by atoms with E-state index in [1.807, 2.05) is 0 Å². The molecule has 0 atom stereocenters. The molecule has 3 rings (SSSR count). The summed E-state index contributed by atoms with van der Waals surface area (Å²) in [6.07, 6.45) is 6.41. The summed E-state index contributed by atoms with van der Waals surface area (Å²) in [5.74, 6) is 1.45. The molecule has 0 unspecified atom stereocenters. The van der Waals surface area contributed by atoms with E-state index in [0.29, 0.717) is 23.3 Å². The van der Waals surface area contributed by atoms with Gasteiger partial charge in [-0.3, -0.25) is 0 Å². The molecule has 1 aliphatic rings. The number of nitrogens with one attached hydrogen (secondary N) is 2. The molecule has 0 aliphatic heterocycles. The maximum Gasteiger partial charge on any atom is 0.320 e. The van der Waals surface area contributed by atoms with E-state index in [1.165, 1.54) is 12.8 Å². The molecule has 1 fully saturated rings. The molecule has 2 amide bonds. The van der Waals surface area contributed by atoms with Crippen molar-refractivity contribution in [3.63, 3.8) is 0 Å². The molecule has 2 heterocycles. The smallest absolute Gasteiger partial charge is 0.320 e. The Morgan fingerprint density at radius 1 is 1.32 bits per heavy atom. The number of carbonyl (C=O) groups excluding carboxylic acids is 1. The van der Waals surface area contributed by atoms with Gasteiger partial charge in [-0.05, 0) is 52.5 Å². The van der Waals surface area contributed by atoms with Crippen LogP contribution in [0, 0.1) is 6.92 Å². The summed E-state index contributed by atoms with van der Waals surface area (Å²) in [6.45, 7) is 5.30. The highest BCUT2D eigenvalue weighted by Gasteiger charge is 2.29. The van der Waals surface area contributed by atoms with Crippen molar-refractivity contribution >= 4 is 11.7 Å². The summed E-state index contributed by atoms with van der Waals surface area (Å²) < 4.78 is 10.9. The minimum atomic E-state index is -0.787. The second-order valence-corrected chi connectivity index (χ2v) is 6.76. The molecule has 1 aliphatic carbocycles. The first kappa shape index (κ1) is 17.2. The van der Waals surface area contributed by atoms with Gasteiger partial charge in [0.2, 0.25) is 5.88 Å². The number of aromatic nitrogens is 3. The average Bonchev–Trinajstić information content (AvgIpc) is 3.20. The first-order chi connectivity index (χ1) is 11.9. The van der Waals surface area contributed by atoms with Gasteiger partial charge in [0, 0.05) is 6.07 Å². The molecule has 0 radical (unpaired) electrons. The molecule has 1 saturated carbocycles. The monoisotopic (exact) mass is 345 g/mol. The zero-order valence-electron chi connectivity index (χ0n) is 14.7. The maximum absolute atomic E-state index is 12.2. The fourth-order valence-electron chi connectivity index (χ4n) is 2.75. The number of pyridine rings is 1. The lowest BCUT2D eigenvalue weighted by Crippen LogP contribution is -2.43. The van der Waals surface area contributed by atoms with E-state index in [0.717, 1.165) is 12.8 Å². The van der Waals surface area contributed by atoms with Gasteiger partial charge < -0.3 is 19.9 Å². The van der Waals surface area contributed by atoms with E-state index in [-0.39, 0.29) is 12.1 Å². The molecule has 0 spiro atoms. The summed E-state index contributed by atoms with van der Waals surface area (Å²) >= 11 is 0. The number of aryl methyl sites for hydroxylation is 1. The van der Waals surface area contributed by atoms with Gasteiger partial charge in [-0.2, -0.15) is 4.98 Å². The van der Waals surface area contributed by atoms with Gasteiger partial charge >= 0.3 is 6.03 Å². The van der Waals surface area contributed by atoms with Gasteiger partial charge in [-0.25, -0.2) is 9.78 Å². The van der Waals surface area contributed by atoms with Gasteiger partial charge in [0.25, 0.3) is 5.89 Å². The lowest BCUT2D eigenvalue weighted by Gasteiger charge is -2.22. The zero-order valence-corrected chi connectivity index (χ0v) is 14.7. The highest BCUT2D eigenvalue weighted by molar-refractivity contribution is 5.89. The third-order valence-electron chi connectivity index (χ3n) is 4.07. The number of nitrogens with zero attached hydrogens (tertiary/aromatic N) is 3. The first-order valence-electron chi connectivity index (χ1n) is 8.45. The molecule has 2 aromatic rings. The molecular formula is C17H23N5O3. The van der Waals surface area contributed by atoms with E-state index in [1.54, 1.807) is 39.1 Å². The lowest BCUT2D eigenvalue weighted by molar-refractivity contribution is 0.201. The Hall–Kier alpha value is -2.64. The summed E-state index contributed by atoms with van der Waals surface area (Å²) in [4.78, 5) is 20.6. The number of hydrogen-bond acceptors (Lipinski definition) is 6. The van der Waals surface area contributed by atoms with E-state index < -0.39 is 5.54 Å². The largest absolute Gasteiger partial charge is 0.474 e. The highest BCUT2D eigenvalue weighted by atomic mass is 16.5. The molecule has 8 heteroatoms. The predicted octanol–water partition coefficient (Wildman–Crippen LogP) is 3.15. The second-order valence-electron chi connectivity index (χ2n) is 6.76. The molecule has 25 heavy (non-hydrogen) atoms. The van der Waals surface area contributed by atoms with Gasteiger partial charge in [0.1, 0.15) is 11.6 Å². The number of rotatable bonds is 5. The van der Waals surface area contributed by atoms with Crippen LogP contribution in [0.3, 0.4) is 0 Å². The standard InChI is InChI=1S/C17H23N5O3/c1-11-19-15(25-22-11)17(2,3)21-16(23)20-12-8-9-14(18-10-12)24-13-6-4-5-7-13/h8-10,13H,4-7H2,1-3H3,(H2,20,21,23). The van der Waals surface area contributed by atoms with Crippen LogP contribution in [-0.4, -0.2) is 27.3 Å². The van der Waals surface area contributed by atoms with Gasteiger partial charge in [-0.15, -0.1) is 0 Å². The summed E-state index contributed by atoms with van der Waals surface area (Å²) in [5, 5.41) is 9.28. The normalized spacial score (nSPS) is 15.2. The summed E-state index contributed by atoms with van der Waals surface area (Å²) in [6, 6.07) is 3.15. The van der Waals surface area contributed by atoms with E-state index in [4.69, 9.17) is 9.26 Å². The number of urea groups is 1. The maximum atomic E-state index is 12.2. The van der Waals surface area contributed by atoms with Crippen molar-refractivity contribution in [2.45, 2.75) is 58.1 Å². The molecule has 2 aromatic heterocycles. The topological polar surface area (TPSA) is 102 Å². The highest BCUT2D eigenvalue weighted by Crippen LogP contribution is 2.23. The minimum absolute atomic E-state index is 0.258. The van der Waals surface area contributed by atoms with E-state index in [9.17, 15) is 4.79 Å².